The lowest BCUT2D eigenvalue weighted by Gasteiger charge is -2.29. The molecule has 0 spiro atoms. The van der Waals surface area contributed by atoms with E-state index < -0.39 is 5.54 Å². The van der Waals surface area contributed by atoms with Crippen LogP contribution in [0.25, 0.3) is 0 Å². The predicted molar refractivity (Wildman–Crippen MR) is 68.3 cm³/mol. The van der Waals surface area contributed by atoms with E-state index in [1.54, 1.807) is 0 Å². The number of carbonyl (C=O) groups is 1. The fourth-order valence-corrected chi connectivity index (χ4v) is 3.40. The van der Waals surface area contributed by atoms with Gasteiger partial charge in [0.25, 0.3) is 0 Å². The molecular weight excluding hydrogens is 214 g/mol. The van der Waals surface area contributed by atoms with Gasteiger partial charge in [-0.15, -0.1) is 0 Å². The summed E-state index contributed by atoms with van der Waals surface area (Å²) in [5, 5.41) is 0. The molecule has 4 N–H and O–H groups in total. The molecule has 1 aliphatic heterocycles. The van der Waals surface area contributed by atoms with Gasteiger partial charge in [0.2, 0.25) is 5.91 Å². The Kier molecular flexibility index (Phi) is 3.73. The molecule has 0 aromatic carbocycles. The zero-order valence-corrected chi connectivity index (χ0v) is 10.8. The van der Waals surface area contributed by atoms with E-state index in [2.05, 4.69) is 11.8 Å². The normalized spacial score (nSPS) is 38.7. The summed E-state index contributed by atoms with van der Waals surface area (Å²) in [5.41, 5.74) is 10.9. The number of primary amides is 1. The zero-order valence-electron chi connectivity index (χ0n) is 10.8. The maximum Gasteiger partial charge on any atom is 0.237 e. The Labute approximate surface area is 104 Å². The molecule has 1 amide bonds. The smallest absolute Gasteiger partial charge is 0.237 e. The third-order valence-electron chi connectivity index (χ3n) is 4.63. The summed E-state index contributed by atoms with van der Waals surface area (Å²) in [5.74, 6) is 0.794. The first-order valence-electron chi connectivity index (χ1n) is 6.83. The summed E-state index contributed by atoms with van der Waals surface area (Å²) < 4.78 is 0. The highest BCUT2D eigenvalue weighted by Crippen LogP contribution is 2.36. The Hall–Kier alpha value is -0.610. The van der Waals surface area contributed by atoms with Gasteiger partial charge in [-0.1, -0.05) is 13.3 Å². The maximum absolute atomic E-state index is 11.5. The van der Waals surface area contributed by atoms with Gasteiger partial charge in [0.15, 0.2) is 0 Å². The molecule has 0 aromatic rings. The van der Waals surface area contributed by atoms with E-state index in [0.29, 0.717) is 0 Å². The number of amides is 1. The van der Waals surface area contributed by atoms with Gasteiger partial charge in [-0.05, 0) is 50.6 Å². The maximum atomic E-state index is 11.5. The van der Waals surface area contributed by atoms with Crippen molar-refractivity contribution in [2.75, 3.05) is 19.6 Å². The van der Waals surface area contributed by atoms with Crippen LogP contribution >= 0.6 is 0 Å². The fourth-order valence-electron chi connectivity index (χ4n) is 3.40. The van der Waals surface area contributed by atoms with Crippen molar-refractivity contribution in [2.45, 2.75) is 44.6 Å². The number of carbonyl (C=O) groups excluding carboxylic acids is 1. The van der Waals surface area contributed by atoms with Gasteiger partial charge in [0.1, 0.15) is 0 Å². The van der Waals surface area contributed by atoms with E-state index in [4.69, 9.17) is 11.5 Å². The van der Waals surface area contributed by atoms with Crippen LogP contribution in [0.5, 0.6) is 0 Å². The molecule has 0 bridgehead atoms. The average Bonchev–Trinajstić information content (AvgIpc) is 2.83. The van der Waals surface area contributed by atoms with E-state index >= 15 is 0 Å². The number of hydrogen-bond donors (Lipinski definition) is 2. The van der Waals surface area contributed by atoms with Gasteiger partial charge < -0.3 is 16.4 Å². The molecule has 3 atom stereocenters. The molecule has 1 saturated heterocycles. The highest BCUT2D eigenvalue weighted by Gasteiger charge is 2.44. The molecule has 1 heterocycles. The minimum Gasteiger partial charge on any atom is -0.368 e. The Morgan fingerprint density at radius 2 is 2.24 bits per heavy atom. The Morgan fingerprint density at radius 1 is 1.47 bits per heavy atom. The van der Waals surface area contributed by atoms with Crippen molar-refractivity contribution in [1.82, 2.24) is 4.90 Å². The van der Waals surface area contributed by atoms with Crippen LogP contribution in [-0.4, -0.2) is 36.0 Å². The van der Waals surface area contributed by atoms with Crippen molar-refractivity contribution < 1.29 is 4.79 Å². The largest absolute Gasteiger partial charge is 0.368 e. The second-order valence-electron chi connectivity index (χ2n) is 5.98. The highest BCUT2D eigenvalue weighted by atomic mass is 16.1. The second-order valence-corrected chi connectivity index (χ2v) is 5.98. The summed E-state index contributed by atoms with van der Waals surface area (Å²) in [6, 6.07) is 0. The lowest BCUT2D eigenvalue weighted by molar-refractivity contribution is -0.124. The van der Waals surface area contributed by atoms with Gasteiger partial charge in [0.05, 0.1) is 5.54 Å². The number of likely N-dealkylation sites (tertiary alicyclic amines) is 1. The zero-order chi connectivity index (χ0) is 12.5. The second kappa shape index (κ2) is 4.94. The SMILES string of the molecule is CC1CCN(CCC2CCCC2(N)C(N)=O)C1. The summed E-state index contributed by atoms with van der Waals surface area (Å²) in [4.78, 5) is 14.0. The number of nitrogens with two attached hydrogens (primary N) is 2. The Balaban J connectivity index is 1.84. The van der Waals surface area contributed by atoms with E-state index in [0.717, 1.165) is 38.1 Å². The van der Waals surface area contributed by atoms with E-state index in [1.807, 2.05) is 0 Å². The first kappa shape index (κ1) is 12.8. The van der Waals surface area contributed by atoms with E-state index in [-0.39, 0.29) is 11.8 Å². The average molecular weight is 239 g/mol. The van der Waals surface area contributed by atoms with Crippen molar-refractivity contribution in [3.8, 4) is 0 Å². The summed E-state index contributed by atoms with van der Waals surface area (Å²) in [6.07, 6.45) is 5.19. The van der Waals surface area contributed by atoms with Crippen LogP contribution in [0.3, 0.4) is 0 Å². The summed E-state index contributed by atoms with van der Waals surface area (Å²) in [7, 11) is 0. The van der Waals surface area contributed by atoms with Gasteiger partial charge in [-0.3, -0.25) is 4.79 Å². The third kappa shape index (κ3) is 2.63. The van der Waals surface area contributed by atoms with E-state index in [1.165, 1.54) is 19.5 Å². The van der Waals surface area contributed by atoms with Gasteiger partial charge in [0, 0.05) is 6.54 Å². The van der Waals surface area contributed by atoms with Crippen molar-refractivity contribution >= 4 is 5.91 Å². The molecule has 4 nitrogen and oxygen atoms in total. The van der Waals surface area contributed by atoms with Crippen molar-refractivity contribution in [3.63, 3.8) is 0 Å². The molecule has 0 radical (unpaired) electrons. The molecule has 2 rings (SSSR count). The Morgan fingerprint density at radius 3 is 2.82 bits per heavy atom. The molecule has 98 valence electrons. The quantitative estimate of drug-likeness (QED) is 0.758. The van der Waals surface area contributed by atoms with Crippen molar-refractivity contribution in [3.05, 3.63) is 0 Å². The summed E-state index contributed by atoms with van der Waals surface area (Å²) in [6.45, 7) is 5.76. The molecule has 2 aliphatic rings. The lowest BCUT2D eigenvalue weighted by atomic mass is 9.85. The first-order valence-corrected chi connectivity index (χ1v) is 6.83. The topological polar surface area (TPSA) is 72.3 Å². The van der Waals surface area contributed by atoms with Crippen LogP contribution in [0.1, 0.15) is 39.0 Å². The van der Waals surface area contributed by atoms with Crippen LogP contribution in [0.15, 0.2) is 0 Å². The molecule has 1 saturated carbocycles. The molecule has 0 aromatic heterocycles. The molecule has 2 fully saturated rings. The van der Waals surface area contributed by atoms with Gasteiger partial charge in [-0.25, -0.2) is 0 Å². The number of nitrogens with zero attached hydrogens (tertiary/aromatic N) is 1. The lowest BCUT2D eigenvalue weighted by Crippen LogP contribution is -2.55. The van der Waals surface area contributed by atoms with Crippen LogP contribution < -0.4 is 11.5 Å². The third-order valence-corrected chi connectivity index (χ3v) is 4.63. The van der Waals surface area contributed by atoms with Gasteiger partial charge in [-0.2, -0.15) is 0 Å². The Bertz CT molecular complexity index is 294. The molecule has 17 heavy (non-hydrogen) atoms. The molecule has 1 aliphatic carbocycles. The highest BCUT2D eigenvalue weighted by molar-refractivity contribution is 5.85. The number of hydrogen-bond acceptors (Lipinski definition) is 3. The molecular formula is C13H25N3O. The number of rotatable bonds is 4. The van der Waals surface area contributed by atoms with Crippen LogP contribution in [0, 0.1) is 11.8 Å². The van der Waals surface area contributed by atoms with Crippen molar-refractivity contribution in [1.29, 1.82) is 0 Å². The van der Waals surface area contributed by atoms with Crippen LogP contribution in [-0.2, 0) is 4.79 Å². The monoisotopic (exact) mass is 239 g/mol. The van der Waals surface area contributed by atoms with Crippen molar-refractivity contribution in [2.24, 2.45) is 23.3 Å². The predicted octanol–water partition coefficient (Wildman–Crippen LogP) is 0.701. The molecule has 3 unspecified atom stereocenters. The van der Waals surface area contributed by atoms with Gasteiger partial charge >= 0.3 is 0 Å². The minimum absolute atomic E-state index is 0.288. The van der Waals surface area contributed by atoms with Crippen LogP contribution in [0.4, 0.5) is 0 Å². The first-order chi connectivity index (χ1) is 8.02. The van der Waals surface area contributed by atoms with E-state index in [9.17, 15) is 4.79 Å². The molecule has 4 heteroatoms. The van der Waals surface area contributed by atoms with Crippen LogP contribution in [0.2, 0.25) is 0 Å². The standard InChI is InChI=1S/C13H25N3O/c1-10-4-7-16(9-10)8-5-11-3-2-6-13(11,15)12(14)17/h10-11H,2-9,15H2,1H3,(H2,14,17). The fraction of sp³-hybridized carbons (Fsp3) is 0.923. The minimum atomic E-state index is -0.731. The summed E-state index contributed by atoms with van der Waals surface area (Å²) >= 11 is 0.